The van der Waals surface area contributed by atoms with E-state index in [0.29, 0.717) is 28.7 Å². The number of carbonyl (C=O) groups is 2. The van der Waals surface area contributed by atoms with Crippen LogP contribution in [-0.4, -0.2) is 11.8 Å². The molecule has 0 radical (unpaired) electrons. The number of nitrogens with one attached hydrogen (secondary N) is 2. The molecule has 3 rings (SSSR count). The van der Waals surface area contributed by atoms with E-state index in [0.717, 1.165) is 16.7 Å². The van der Waals surface area contributed by atoms with Crippen molar-refractivity contribution in [3.63, 3.8) is 0 Å². The smallest absolute Gasteiger partial charge is 0.228 e. The van der Waals surface area contributed by atoms with Crippen LogP contribution in [0.5, 0.6) is 0 Å². The standard InChI is InChI=1S/C20H20Cl2N2O2/c1-11-7-12(2)18(17(22)8-11)24-20(26)16-9-15(16)19(25)23-10-13-3-5-14(21)6-4-13/h3-8,15-16H,9-10H2,1-2H3,(H,23,25)(H,24,26). The number of carbonyl (C=O) groups excluding carboxylic acids is 2. The molecule has 0 heterocycles. The molecule has 2 atom stereocenters. The zero-order chi connectivity index (χ0) is 18.8. The summed E-state index contributed by atoms with van der Waals surface area (Å²) in [6, 6.07) is 11.1. The number of hydrogen-bond acceptors (Lipinski definition) is 2. The van der Waals surface area contributed by atoms with Crippen molar-refractivity contribution in [3.05, 3.63) is 63.1 Å². The second kappa shape index (κ2) is 7.68. The highest BCUT2D eigenvalue weighted by molar-refractivity contribution is 6.34. The largest absolute Gasteiger partial charge is 0.352 e. The van der Waals surface area contributed by atoms with E-state index in [4.69, 9.17) is 23.2 Å². The van der Waals surface area contributed by atoms with Gasteiger partial charge in [-0.25, -0.2) is 0 Å². The van der Waals surface area contributed by atoms with Gasteiger partial charge in [-0.15, -0.1) is 0 Å². The summed E-state index contributed by atoms with van der Waals surface area (Å²) in [4.78, 5) is 24.7. The van der Waals surface area contributed by atoms with Gasteiger partial charge in [0.05, 0.1) is 22.5 Å². The molecule has 0 bridgehead atoms. The van der Waals surface area contributed by atoms with E-state index in [1.165, 1.54) is 0 Å². The molecule has 1 aliphatic rings. The molecule has 0 spiro atoms. The Bertz CT molecular complexity index is 826. The number of amides is 2. The van der Waals surface area contributed by atoms with Crippen LogP contribution < -0.4 is 10.6 Å². The van der Waals surface area contributed by atoms with Crippen molar-refractivity contribution in [1.29, 1.82) is 0 Å². The van der Waals surface area contributed by atoms with Crippen LogP contribution >= 0.6 is 23.2 Å². The van der Waals surface area contributed by atoms with Crippen LogP contribution in [0.2, 0.25) is 10.0 Å². The van der Waals surface area contributed by atoms with Gasteiger partial charge in [-0.1, -0.05) is 41.4 Å². The Hall–Kier alpha value is -2.04. The molecular formula is C20H20Cl2N2O2. The summed E-state index contributed by atoms with van der Waals surface area (Å²) >= 11 is 12.1. The van der Waals surface area contributed by atoms with Gasteiger partial charge in [-0.3, -0.25) is 9.59 Å². The Balaban J connectivity index is 1.53. The summed E-state index contributed by atoms with van der Waals surface area (Å²) in [7, 11) is 0. The van der Waals surface area contributed by atoms with Crippen LogP contribution in [0, 0.1) is 25.7 Å². The van der Waals surface area contributed by atoms with Crippen molar-refractivity contribution < 1.29 is 9.59 Å². The van der Waals surface area contributed by atoms with Gasteiger partial charge >= 0.3 is 0 Å². The van der Waals surface area contributed by atoms with Crippen molar-refractivity contribution in [1.82, 2.24) is 5.32 Å². The third-order valence-electron chi connectivity index (χ3n) is 4.52. The summed E-state index contributed by atoms with van der Waals surface area (Å²) < 4.78 is 0. The van der Waals surface area contributed by atoms with Crippen molar-refractivity contribution in [2.75, 3.05) is 5.32 Å². The van der Waals surface area contributed by atoms with Gasteiger partial charge in [0, 0.05) is 11.6 Å². The first-order valence-electron chi connectivity index (χ1n) is 8.45. The first kappa shape index (κ1) is 18.7. The van der Waals surface area contributed by atoms with E-state index in [1.807, 2.05) is 38.1 Å². The third kappa shape index (κ3) is 4.37. The van der Waals surface area contributed by atoms with Crippen LogP contribution in [0.1, 0.15) is 23.1 Å². The molecule has 1 saturated carbocycles. The van der Waals surface area contributed by atoms with E-state index in [-0.39, 0.29) is 23.7 Å². The monoisotopic (exact) mass is 390 g/mol. The second-order valence-electron chi connectivity index (χ2n) is 6.72. The summed E-state index contributed by atoms with van der Waals surface area (Å²) in [5, 5.41) is 6.91. The summed E-state index contributed by atoms with van der Waals surface area (Å²) in [6.07, 6.45) is 0.556. The summed E-state index contributed by atoms with van der Waals surface area (Å²) in [5.41, 5.74) is 3.53. The average molecular weight is 391 g/mol. The summed E-state index contributed by atoms with van der Waals surface area (Å²) in [6.45, 7) is 4.27. The van der Waals surface area contributed by atoms with Gasteiger partial charge in [0.15, 0.2) is 0 Å². The fraction of sp³-hybridized carbons (Fsp3) is 0.300. The van der Waals surface area contributed by atoms with Crippen molar-refractivity contribution in [3.8, 4) is 0 Å². The maximum atomic E-state index is 12.4. The quantitative estimate of drug-likeness (QED) is 0.789. The maximum Gasteiger partial charge on any atom is 0.228 e. The van der Waals surface area contributed by atoms with Gasteiger partial charge in [0.25, 0.3) is 0 Å². The Morgan fingerprint density at radius 2 is 1.69 bits per heavy atom. The lowest BCUT2D eigenvalue weighted by atomic mass is 10.1. The van der Waals surface area contributed by atoms with Gasteiger partial charge < -0.3 is 10.6 Å². The molecular weight excluding hydrogens is 371 g/mol. The molecule has 0 aliphatic heterocycles. The summed E-state index contributed by atoms with van der Waals surface area (Å²) in [5.74, 6) is -0.860. The highest BCUT2D eigenvalue weighted by atomic mass is 35.5. The van der Waals surface area contributed by atoms with E-state index in [1.54, 1.807) is 12.1 Å². The van der Waals surface area contributed by atoms with E-state index in [9.17, 15) is 9.59 Å². The first-order chi connectivity index (χ1) is 12.3. The third-order valence-corrected chi connectivity index (χ3v) is 5.07. The van der Waals surface area contributed by atoms with Gasteiger partial charge in [0.2, 0.25) is 11.8 Å². The lowest BCUT2D eigenvalue weighted by Crippen LogP contribution is -2.27. The first-order valence-corrected chi connectivity index (χ1v) is 9.20. The van der Waals surface area contributed by atoms with Crippen molar-refractivity contribution >= 4 is 40.7 Å². The minimum absolute atomic E-state index is 0.105. The lowest BCUT2D eigenvalue weighted by Gasteiger charge is -2.11. The molecule has 2 unspecified atom stereocenters. The number of rotatable bonds is 5. The lowest BCUT2D eigenvalue weighted by molar-refractivity contribution is -0.125. The number of halogens is 2. The Morgan fingerprint density at radius 3 is 2.35 bits per heavy atom. The fourth-order valence-corrected chi connectivity index (χ4v) is 3.48. The molecule has 2 aromatic carbocycles. The van der Waals surface area contributed by atoms with Crippen LogP contribution in [-0.2, 0) is 16.1 Å². The van der Waals surface area contributed by atoms with E-state index in [2.05, 4.69) is 10.6 Å². The molecule has 2 aromatic rings. The predicted octanol–water partition coefficient (Wildman–Crippen LogP) is 4.50. The maximum absolute atomic E-state index is 12.4. The Morgan fingerprint density at radius 1 is 1.04 bits per heavy atom. The van der Waals surface area contributed by atoms with Gasteiger partial charge in [-0.05, 0) is 55.2 Å². The normalized spacial score (nSPS) is 18.3. The Kier molecular flexibility index (Phi) is 5.54. The number of benzene rings is 2. The molecule has 6 heteroatoms. The van der Waals surface area contributed by atoms with Crippen molar-refractivity contribution in [2.45, 2.75) is 26.8 Å². The number of hydrogen-bond donors (Lipinski definition) is 2. The molecule has 2 amide bonds. The average Bonchev–Trinajstić information content (AvgIpc) is 3.38. The molecule has 136 valence electrons. The molecule has 1 fully saturated rings. The minimum atomic E-state index is -0.308. The number of aryl methyl sites for hydroxylation is 2. The van der Waals surface area contributed by atoms with E-state index < -0.39 is 0 Å². The second-order valence-corrected chi connectivity index (χ2v) is 7.56. The topological polar surface area (TPSA) is 58.2 Å². The SMILES string of the molecule is Cc1cc(C)c(NC(=O)C2CC2C(=O)NCc2ccc(Cl)cc2)c(Cl)c1. The molecule has 2 N–H and O–H groups in total. The van der Waals surface area contributed by atoms with Crippen LogP contribution in [0.25, 0.3) is 0 Å². The minimum Gasteiger partial charge on any atom is -0.352 e. The van der Waals surface area contributed by atoms with Crippen LogP contribution in [0.3, 0.4) is 0 Å². The molecule has 0 saturated heterocycles. The van der Waals surface area contributed by atoms with Gasteiger partial charge in [-0.2, -0.15) is 0 Å². The molecule has 0 aromatic heterocycles. The fourth-order valence-electron chi connectivity index (χ4n) is 2.99. The Labute approximate surface area is 162 Å². The van der Waals surface area contributed by atoms with Gasteiger partial charge in [0.1, 0.15) is 0 Å². The molecule has 4 nitrogen and oxygen atoms in total. The van der Waals surface area contributed by atoms with Crippen molar-refractivity contribution in [2.24, 2.45) is 11.8 Å². The molecule has 1 aliphatic carbocycles. The number of anilines is 1. The van der Waals surface area contributed by atoms with E-state index >= 15 is 0 Å². The highest BCUT2D eigenvalue weighted by Gasteiger charge is 2.48. The molecule has 26 heavy (non-hydrogen) atoms. The van der Waals surface area contributed by atoms with Crippen LogP contribution in [0.15, 0.2) is 36.4 Å². The zero-order valence-electron chi connectivity index (χ0n) is 14.6. The highest BCUT2D eigenvalue weighted by Crippen LogP contribution is 2.40. The zero-order valence-corrected chi connectivity index (χ0v) is 16.1. The predicted molar refractivity (Wildman–Crippen MR) is 104 cm³/mol. The van der Waals surface area contributed by atoms with Crippen LogP contribution in [0.4, 0.5) is 5.69 Å².